The molecule has 0 aliphatic rings. The van der Waals surface area contributed by atoms with E-state index in [1.54, 1.807) is 0 Å². The summed E-state index contributed by atoms with van der Waals surface area (Å²) in [6, 6.07) is 0. The summed E-state index contributed by atoms with van der Waals surface area (Å²) in [5.74, 6) is -1.52. The molecular weight excluding hydrogens is 856 g/mol. The average Bonchev–Trinajstić information content (AvgIpc) is 3.30. The average molecular weight is 951 g/mol. The maximum absolute atomic E-state index is 12.8. The molecule has 0 rings (SSSR count). The van der Waals surface area contributed by atoms with Crippen molar-refractivity contribution in [2.24, 2.45) is 0 Å². The van der Waals surface area contributed by atoms with Crippen molar-refractivity contribution in [1.29, 1.82) is 0 Å². The van der Waals surface area contributed by atoms with Gasteiger partial charge in [-0.15, -0.1) is 0 Å². The highest BCUT2D eigenvalue weighted by molar-refractivity contribution is 7.47. The number of aliphatic hydroxyl groups is 1. The van der Waals surface area contributed by atoms with Crippen molar-refractivity contribution >= 4 is 25.7 Å². The normalized spacial score (nSPS) is 14.0. The van der Waals surface area contributed by atoms with Crippen LogP contribution in [0.25, 0.3) is 0 Å². The van der Waals surface area contributed by atoms with Crippen molar-refractivity contribution in [1.82, 2.24) is 0 Å². The molecule has 3 unspecified atom stereocenters. The SMILES string of the molecule is CC/C=C\C/C=C\C/C=C\C/C=C\CCCCC(=O)OCC(COP(=O)(O)OCC(CO)OC(=O)CCCCCCCCCCCCC)OC(=O)CCCCCCC/C=C\CCCCCC. The first-order valence-corrected chi connectivity index (χ1v) is 27.7. The maximum Gasteiger partial charge on any atom is 0.472 e. The van der Waals surface area contributed by atoms with Gasteiger partial charge in [0.15, 0.2) is 6.10 Å². The molecule has 11 nitrogen and oxygen atoms in total. The molecule has 0 saturated carbocycles. The number of carbonyl (C=O) groups excluding carboxylic acids is 3. The van der Waals surface area contributed by atoms with Crippen LogP contribution in [0.1, 0.15) is 226 Å². The Morgan fingerprint density at radius 2 is 0.788 bits per heavy atom. The Morgan fingerprint density at radius 3 is 1.27 bits per heavy atom. The highest BCUT2D eigenvalue weighted by Crippen LogP contribution is 2.43. The van der Waals surface area contributed by atoms with Crippen LogP contribution >= 0.6 is 7.82 Å². The molecule has 66 heavy (non-hydrogen) atoms. The number of carbonyl (C=O) groups is 3. The van der Waals surface area contributed by atoms with Crippen LogP contribution in [0, 0.1) is 0 Å². The monoisotopic (exact) mass is 951 g/mol. The van der Waals surface area contributed by atoms with Crippen LogP contribution in [-0.2, 0) is 42.2 Å². The number of aliphatic hydroxyl groups excluding tert-OH is 1. The second kappa shape index (κ2) is 48.6. The van der Waals surface area contributed by atoms with E-state index < -0.39 is 57.8 Å². The summed E-state index contributed by atoms with van der Waals surface area (Å²) in [5.41, 5.74) is 0. The number of esters is 3. The summed E-state index contributed by atoms with van der Waals surface area (Å²) >= 11 is 0. The predicted octanol–water partition coefficient (Wildman–Crippen LogP) is 14.8. The van der Waals surface area contributed by atoms with Crippen LogP contribution in [0.15, 0.2) is 60.8 Å². The smallest absolute Gasteiger partial charge is 0.462 e. The Balaban J connectivity index is 4.81. The Kier molecular flexibility index (Phi) is 46.6. The number of unbranched alkanes of at least 4 members (excludes halogenated alkanes) is 21. The lowest BCUT2D eigenvalue weighted by atomic mass is 10.1. The van der Waals surface area contributed by atoms with Crippen LogP contribution in [0.4, 0.5) is 0 Å². The zero-order valence-electron chi connectivity index (χ0n) is 41.9. The lowest BCUT2D eigenvalue weighted by Crippen LogP contribution is -2.30. The minimum atomic E-state index is -4.75. The van der Waals surface area contributed by atoms with Crippen LogP contribution in [0.3, 0.4) is 0 Å². The molecule has 0 heterocycles. The van der Waals surface area contributed by atoms with Gasteiger partial charge in [0.05, 0.1) is 19.8 Å². The van der Waals surface area contributed by atoms with E-state index in [0.29, 0.717) is 19.3 Å². The second-order valence-electron chi connectivity index (χ2n) is 17.3. The van der Waals surface area contributed by atoms with Crippen LogP contribution < -0.4 is 0 Å². The fourth-order valence-electron chi connectivity index (χ4n) is 6.93. The summed E-state index contributed by atoms with van der Waals surface area (Å²) in [6.45, 7) is 4.44. The van der Waals surface area contributed by atoms with Gasteiger partial charge in [0, 0.05) is 19.3 Å². The van der Waals surface area contributed by atoms with Crippen molar-refractivity contribution in [3.05, 3.63) is 60.8 Å². The summed E-state index contributed by atoms with van der Waals surface area (Å²) in [5, 5.41) is 9.76. The van der Waals surface area contributed by atoms with E-state index >= 15 is 0 Å². The standard InChI is InChI=1S/C54H95O11P/c1-4-7-10-13-16-19-22-24-25-27-29-31-34-37-40-43-52(56)61-47-51(65-54(58)45-42-39-36-33-30-26-23-20-17-14-11-8-5-2)49-63-66(59,60)62-48-50(46-55)64-53(57)44-41-38-35-32-28-21-18-15-12-9-6-3/h7,10,16,19-20,23-25,29,31,50-51,55H,4-6,8-9,11-15,17-18,21-22,26-28,30,32-49H2,1-3H3,(H,59,60)/b10-7-,19-16-,23-20-,25-24-,31-29-. The zero-order valence-corrected chi connectivity index (χ0v) is 42.8. The Bertz CT molecular complexity index is 1340. The van der Waals surface area contributed by atoms with Crippen LogP contribution in [0.5, 0.6) is 0 Å². The summed E-state index contributed by atoms with van der Waals surface area (Å²) in [6.07, 6.45) is 50.5. The lowest BCUT2D eigenvalue weighted by molar-refractivity contribution is -0.161. The molecule has 0 aromatic carbocycles. The van der Waals surface area contributed by atoms with Crippen molar-refractivity contribution in [3.63, 3.8) is 0 Å². The number of rotatable bonds is 48. The van der Waals surface area contributed by atoms with Gasteiger partial charge in [0.25, 0.3) is 0 Å². The third-order valence-electron chi connectivity index (χ3n) is 10.9. The molecule has 0 spiro atoms. The molecule has 2 N–H and O–H groups in total. The molecule has 382 valence electrons. The first-order chi connectivity index (χ1) is 32.2. The van der Waals surface area contributed by atoms with Crippen molar-refractivity contribution in [2.45, 2.75) is 238 Å². The van der Waals surface area contributed by atoms with Gasteiger partial charge in [-0.2, -0.15) is 0 Å². The largest absolute Gasteiger partial charge is 0.472 e. The molecule has 0 bridgehead atoms. The van der Waals surface area contributed by atoms with Crippen molar-refractivity contribution < 1.29 is 52.2 Å². The van der Waals surface area contributed by atoms with Gasteiger partial charge >= 0.3 is 25.7 Å². The van der Waals surface area contributed by atoms with E-state index in [1.807, 2.05) is 0 Å². The molecule has 0 aromatic heterocycles. The number of ether oxygens (including phenoxy) is 3. The highest BCUT2D eigenvalue weighted by atomic mass is 31.2. The number of phosphoric acid groups is 1. The summed E-state index contributed by atoms with van der Waals surface area (Å²) in [7, 11) is -4.75. The Morgan fingerprint density at radius 1 is 0.439 bits per heavy atom. The minimum absolute atomic E-state index is 0.148. The van der Waals surface area contributed by atoms with Gasteiger partial charge in [-0.25, -0.2) is 4.57 Å². The molecular formula is C54H95O11P. The predicted molar refractivity (Wildman–Crippen MR) is 270 cm³/mol. The minimum Gasteiger partial charge on any atom is -0.462 e. The van der Waals surface area contributed by atoms with Gasteiger partial charge in [-0.3, -0.25) is 23.4 Å². The maximum atomic E-state index is 12.8. The number of hydrogen-bond donors (Lipinski definition) is 2. The molecule has 0 aromatic rings. The molecule has 0 aliphatic carbocycles. The fraction of sp³-hybridized carbons (Fsp3) is 0.759. The van der Waals surface area contributed by atoms with E-state index in [0.717, 1.165) is 96.3 Å². The van der Waals surface area contributed by atoms with Gasteiger partial charge in [-0.1, -0.05) is 184 Å². The number of allylic oxidation sites excluding steroid dienone is 10. The first kappa shape index (κ1) is 63.2. The van der Waals surface area contributed by atoms with Crippen LogP contribution in [-0.4, -0.2) is 66.5 Å². The molecule has 0 saturated heterocycles. The van der Waals surface area contributed by atoms with E-state index in [4.69, 9.17) is 23.3 Å². The Labute approximate surface area is 402 Å². The molecule has 0 radical (unpaired) electrons. The second-order valence-corrected chi connectivity index (χ2v) is 18.8. The van der Waals surface area contributed by atoms with Crippen molar-refractivity contribution in [2.75, 3.05) is 26.4 Å². The third kappa shape index (κ3) is 46.3. The lowest BCUT2D eigenvalue weighted by Gasteiger charge is -2.21. The topological polar surface area (TPSA) is 155 Å². The van der Waals surface area contributed by atoms with Crippen LogP contribution in [0.2, 0.25) is 0 Å². The van der Waals surface area contributed by atoms with E-state index in [9.17, 15) is 28.9 Å². The van der Waals surface area contributed by atoms with Gasteiger partial charge in [0.2, 0.25) is 0 Å². The molecule has 0 fully saturated rings. The molecule has 3 atom stereocenters. The fourth-order valence-corrected chi connectivity index (χ4v) is 7.71. The van der Waals surface area contributed by atoms with Gasteiger partial charge < -0.3 is 24.2 Å². The summed E-state index contributed by atoms with van der Waals surface area (Å²) < 4.78 is 39.3. The van der Waals surface area contributed by atoms with E-state index in [1.165, 1.54) is 70.6 Å². The quantitative estimate of drug-likeness (QED) is 0.0197. The Hall–Kier alpha value is -2.82. The zero-order chi connectivity index (χ0) is 48.4. The van der Waals surface area contributed by atoms with Gasteiger partial charge in [0.1, 0.15) is 12.7 Å². The molecule has 0 amide bonds. The highest BCUT2D eigenvalue weighted by Gasteiger charge is 2.28. The number of phosphoric ester groups is 1. The van der Waals surface area contributed by atoms with Crippen molar-refractivity contribution in [3.8, 4) is 0 Å². The number of hydrogen-bond acceptors (Lipinski definition) is 10. The van der Waals surface area contributed by atoms with E-state index in [2.05, 4.69) is 81.5 Å². The molecule has 0 aliphatic heterocycles. The van der Waals surface area contributed by atoms with Gasteiger partial charge in [-0.05, 0) is 83.5 Å². The molecule has 12 heteroatoms. The third-order valence-corrected chi connectivity index (χ3v) is 11.9. The first-order valence-electron chi connectivity index (χ1n) is 26.2. The summed E-state index contributed by atoms with van der Waals surface area (Å²) in [4.78, 5) is 48.3. The van der Waals surface area contributed by atoms with E-state index in [-0.39, 0.29) is 25.9 Å².